The number of anilines is 2. The summed E-state index contributed by atoms with van der Waals surface area (Å²) in [6.07, 6.45) is 3.47. The minimum Gasteiger partial charge on any atom is -0.353 e. The first-order valence-corrected chi connectivity index (χ1v) is 9.28. The van der Waals surface area contributed by atoms with E-state index in [4.69, 9.17) is 0 Å². The molecule has 0 saturated carbocycles. The summed E-state index contributed by atoms with van der Waals surface area (Å²) in [4.78, 5) is 17.8. The molecule has 3 aromatic rings. The van der Waals surface area contributed by atoms with E-state index >= 15 is 0 Å². The van der Waals surface area contributed by atoms with Crippen LogP contribution in [0.4, 0.5) is 11.6 Å². The van der Waals surface area contributed by atoms with Crippen molar-refractivity contribution in [3.63, 3.8) is 0 Å². The number of aryl methyl sites for hydroxylation is 3. The van der Waals surface area contributed by atoms with Gasteiger partial charge in [-0.1, -0.05) is 0 Å². The largest absolute Gasteiger partial charge is 0.353 e. The molecule has 0 unspecified atom stereocenters. The van der Waals surface area contributed by atoms with Crippen molar-refractivity contribution >= 4 is 11.6 Å². The van der Waals surface area contributed by atoms with Gasteiger partial charge in [0.1, 0.15) is 24.0 Å². The van der Waals surface area contributed by atoms with Crippen LogP contribution in [0, 0.1) is 32.1 Å². The van der Waals surface area contributed by atoms with E-state index in [2.05, 4.69) is 35.9 Å². The molecular formula is C20H22N8. The first-order chi connectivity index (χ1) is 13.5. The molecule has 0 amide bonds. The molecule has 0 atom stereocenters. The van der Waals surface area contributed by atoms with Gasteiger partial charge in [-0.05, 0) is 38.5 Å². The smallest absolute Gasteiger partial charge is 0.158 e. The van der Waals surface area contributed by atoms with Gasteiger partial charge in [0.25, 0.3) is 0 Å². The summed E-state index contributed by atoms with van der Waals surface area (Å²) in [5.41, 5.74) is 3.52. The van der Waals surface area contributed by atoms with Crippen LogP contribution in [0.1, 0.15) is 22.5 Å². The Hall–Kier alpha value is -3.47. The Kier molecular flexibility index (Phi) is 4.65. The molecule has 4 heterocycles. The van der Waals surface area contributed by atoms with Crippen LogP contribution in [0.25, 0.3) is 5.82 Å². The van der Waals surface area contributed by atoms with Gasteiger partial charge in [-0.25, -0.2) is 19.6 Å². The number of hydrogen-bond acceptors (Lipinski definition) is 7. The zero-order chi connectivity index (χ0) is 19.7. The maximum absolute atomic E-state index is 9.54. The van der Waals surface area contributed by atoms with E-state index in [9.17, 15) is 5.26 Å². The Morgan fingerprint density at radius 1 is 0.929 bits per heavy atom. The molecule has 1 fully saturated rings. The molecule has 1 saturated heterocycles. The average Bonchev–Trinajstić information content (AvgIpc) is 3.14. The number of nitriles is 1. The van der Waals surface area contributed by atoms with E-state index in [1.54, 1.807) is 11.0 Å². The lowest BCUT2D eigenvalue weighted by atomic mass is 10.1. The van der Waals surface area contributed by atoms with E-state index in [0.29, 0.717) is 5.56 Å². The van der Waals surface area contributed by atoms with Gasteiger partial charge in [-0.15, -0.1) is 0 Å². The van der Waals surface area contributed by atoms with E-state index in [1.807, 2.05) is 45.2 Å². The van der Waals surface area contributed by atoms with Crippen molar-refractivity contribution in [1.29, 1.82) is 5.26 Å². The highest BCUT2D eigenvalue weighted by Gasteiger charge is 2.22. The van der Waals surface area contributed by atoms with Crippen LogP contribution in [0.2, 0.25) is 0 Å². The van der Waals surface area contributed by atoms with Crippen molar-refractivity contribution in [1.82, 2.24) is 24.7 Å². The van der Waals surface area contributed by atoms with Gasteiger partial charge >= 0.3 is 0 Å². The third kappa shape index (κ3) is 3.39. The van der Waals surface area contributed by atoms with Crippen LogP contribution in [-0.2, 0) is 0 Å². The van der Waals surface area contributed by atoms with Gasteiger partial charge < -0.3 is 9.80 Å². The molecule has 8 heteroatoms. The summed E-state index contributed by atoms with van der Waals surface area (Å²) in [7, 11) is 0. The number of piperazine rings is 1. The molecule has 3 aromatic heterocycles. The Morgan fingerprint density at radius 2 is 1.64 bits per heavy atom. The zero-order valence-corrected chi connectivity index (χ0v) is 16.3. The van der Waals surface area contributed by atoms with E-state index in [1.165, 1.54) is 0 Å². The second-order valence-electron chi connectivity index (χ2n) is 7.00. The monoisotopic (exact) mass is 374 g/mol. The first kappa shape index (κ1) is 17.9. The van der Waals surface area contributed by atoms with Gasteiger partial charge in [-0.3, -0.25) is 0 Å². The van der Waals surface area contributed by atoms with Crippen LogP contribution < -0.4 is 9.80 Å². The standard InChI is InChI=1S/C20H22N8/c1-14-10-16(3)24-20(17(14)12-21)27-8-6-26(7-9-27)18-11-19(23-13-22-18)28-5-4-15(2)25-28/h4-5,10-11,13H,6-9H2,1-3H3. The van der Waals surface area contributed by atoms with Gasteiger partial charge in [0.05, 0.1) is 11.3 Å². The second-order valence-corrected chi connectivity index (χ2v) is 7.00. The number of rotatable bonds is 3. The van der Waals surface area contributed by atoms with Gasteiger partial charge in [-0.2, -0.15) is 10.4 Å². The summed E-state index contributed by atoms with van der Waals surface area (Å²) in [6, 6.07) is 8.17. The van der Waals surface area contributed by atoms with E-state index in [0.717, 1.165) is 60.6 Å². The molecule has 4 rings (SSSR count). The maximum Gasteiger partial charge on any atom is 0.158 e. The first-order valence-electron chi connectivity index (χ1n) is 9.28. The van der Waals surface area contributed by atoms with Crippen LogP contribution in [-0.4, -0.2) is 50.9 Å². The molecule has 0 spiro atoms. The summed E-state index contributed by atoms with van der Waals surface area (Å²) in [6.45, 7) is 9.05. The third-order valence-corrected chi connectivity index (χ3v) is 4.94. The van der Waals surface area contributed by atoms with Crippen LogP contribution in [0.5, 0.6) is 0 Å². The van der Waals surface area contributed by atoms with Crippen molar-refractivity contribution in [3.8, 4) is 11.9 Å². The van der Waals surface area contributed by atoms with Crippen LogP contribution >= 0.6 is 0 Å². The number of pyridine rings is 1. The molecule has 1 aliphatic rings. The highest BCUT2D eigenvalue weighted by Crippen LogP contribution is 2.24. The molecule has 0 bridgehead atoms. The predicted octanol–water partition coefficient (Wildman–Crippen LogP) is 2.18. The molecule has 28 heavy (non-hydrogen) atoms. The van der Waals surface area contributed by atoms with E-state index in [-0.39, 0.29) is 0 Å². The number of nitrogens with zero attached hydrogens (tertiary/aromatic N) is 8. The van der Waals surface area contributed by atoms with Crippen LogP contribution in [0.3, 0.4) is 0 Å². The average molecular weight is 374 g/mol. The highest BCUT2D eigenvalue weighted by atomic mass is 15.3. The minimum absolute atomic E-state index is 0.664. The number of aromatic nitrogens is 5. The lowest BCUT2D eigenvalue weighted by molar-refractivity contribution is 0.638. The Morgan fingerprint density at radius 3 is 2.32 bits per heavy atom. The van der Waals surface area contributed by atoms with Crippen molar-refractivity contribution in [2.24, 2.45) is 0 Å². The molecule has 142 valence electrons. The van der Waals surface area contributed by atoms with Crippen molar-refractivity contribution in [3.05, 3.63) is 53.2 Å². The highest BCUT2D eigenvalue weighted by molar-refractivity contribution is 5.59. The summed E-state index contributed by atoms with van der Waals surface area (Å²) < 4.78 is 1.76. The van der Waals surface area contributed by atoms with Crippen molar-refractivity contribution in [2.75, 3.05) is 36.0 Å². The summed E-state index contributed by atoms with van der Waals surface area (Å²) in [5, 5.41) is 14.0. The Balaban J connectivity index is 1.52. The number of hydrogen-bond donors (Lipinski definition) is 0. The lowest BCUT2D eigenvalue weighted by Gasteiger charge is -2.36. The Labute approximate surface area is 164 Å². The molecule has 0 N–H and O–H groups in total. The van der Waals surface area contributed by atoms with Gasteiger partial charge in [0, 0.05) is 44.1 Å². The SMILES string of the molecule is Cc1cc(C)c(C#N)c(N2CCN(c3cc(-n4ccc(C)n4)ncn3)CC2)n1. The zero-order valence-electron chi connectivity index (χ0n) is 16.3. The second kappa shape index (κ2) is 7.27. The fourth-order valence-corrected chi connectivity index (χ4v) is 3.51. The lowest BCUT2D eigenvalue weighted by Crippen LogP contribution is -2.47. The summed E-state index contributed by atoms with van der Waals surface area (Å²) >= 11 is 0. The molecule has 0 aromatic carbocycles. The third-order valence-electron chi connectivity index (χ3n) is 4.94. The van der Waals surface area contributed by atoms with Crippen molar-refractivity contribution in [2.45, 2.75) is 20.8 Å². The van der Waals surface area contributed by atoms with Crippen LogP contribution in [0.15, 0.2) is 30.7 Å². The fourth-order valence-electron chi connectivity index (χ4n) is 3.51. The molecule has 8 nitrogen and oxygen atoms in total. The van der Waals surface area contributed by atoms with Gasteiger partial charge in [0.2, 0.25) is 0 Å². The normalized spacial score (nSPS) is 14.2. The maximum atomic E-state index is 9.54. The molecule has 0 aliphatic carbocycles. The Bertz CT molecular complexity index is 1040. The fraction of sp³-hybridized carbons (Fsp3) is 0.350. The van der Waals surface area contributed by atoms with Crippen molar-refractivity contribution < 1.29 is 0 Å². The molecule has 1 aliphatic heterocycles. The minimum atomic E-state index is 0.664. The summed E-state index contributed by atoms with van der Waals surface area (Å²) in [5.74, 6) is 2.42. The quantitative estimate of drug-likeness (QED) is 0.694. The molecule has 0 radical (unpaired) electrons. The van der Waals surface area contributed by atoms with E-state index < -0.39 is 0 Å². The topological polar surface area (TPSA) is 86.8 Å². The van der Waals surface area contributed by atoms with Gasteiger partial charge in [0.15, 0.2) is 5.82 Å². The molecular weight excluding hydrogens is 352 g/mol. The predicted molar refractivity (Wildman–Crippen MR) is 107 cm³/mol.